The highest BCUT2D eigenvalue weighted by molar-refractivity contribution is 5.74. The van der Waals surface area contributed by atoms with E-state index in [1.807, 2.05) is 45.0 Å². The van der Waals surface area contributed by atoms with E-state index in [2.05, 4.69) is 5.32 Å². The molecule has 4 heteroatoms. The van der Waals surface area contributed by atoms with Crippen molar-refractivity contribution in [2.75, 3.05) is 0 Å². The Morgan fingerprint density at radius 3 is 2.39 bits per heavy atom. The lowest BCUT2D eigenvalue weighted by Gasteiger charge is -2.13. The molecule has 1 rings (SSSR count). The molecule has 1 atom stereocenters. The summed E-state index contributed by atoms with van der Waals surface area (Å²) in [6, 6.07) is 8.03. The fourth-order valence-electron chi connectivity index (χ4n) is 1.62. The van der Waals surface area contributed by atoms with E-state index in [-0.39, 0.29) is 18.1 Å². The molecule has 0 saturated carbocycles. The molecule has 0 aliphatic rings. The molecule has 0 aliphatic heterocycles. The van der Waals surface area contributed by atoms with Crippen molar-refractivity contribution in [3.05, 3.63) is 29.8 Å². The third-order valence-electron chi connectivity index (χ3n) is 2.46. The Balaban J connectivity index is 2.41. The summed E-state index contributed by atoms with van der Waals surface area (Å²) in [7, 11) is 0. The lowest BCUT2D eigenvalue weighted by Crippen LogP contribution is -2.30. The number of rotatable bonds is 7. The van der Waals surface area contributed by atoms with Crippen molar-refractivity contribution in [2.45, 2.75) is 45.9 Å². The van der Waals surface area contributed by atoms with Crippen molar-refractivity contribution in [1.82, 2.24) is 5.32 Å². The molecule has 100 valence electrons. The normalized spacial score (nSPS) is 12.4. The van der Waals surface area contributed by atoms with Gasteiger partial charge in [0.15, 0.2) is 0 Å². The summed E-state index contributed by atoms with van der Waals surface area (Å²) >= 11 is 0. The average Bonchev–Trinajstić information content (AvgIpc) is 2.26. The summed E-state index contributed by atoms with van der Waals surface area (Å²) in [6.07, 6.45) is 0.540. The summed E-state index contributed by atoms with van der Waals surface area (Å²) in [6.45, 7) is 6.67. The molecule has 4 nitrogen and oxygen atoms in total. The van der Waals surface area contributed by atoms with Gasteiger partial charge in [-0.3, -0.25) is 4.79 Å². The van der Waals surface area contributed by atoms with E-state index >= 15 is 0 Å². The first-order valence-electron chi connectivity index (χ1n) is 6.24. The lowest BCUT2D eigenvalue weighted by atomic mass is 10.2. The topological polar surface area (TPSA) is 64.4 Å². The van der Waals surface area contributed by atoms with Gasteiger partial charge in [0.2, 0.25) is 5.91 Å². The van der Waals surface area contributed by atoms with Crippen LogP contribution in [0.1, 0.15) is 32.8 Å². The summed E-state index contributed by atoms with van der Waals surface area (Å²) < 4.78 is 5.57. The fraction of sp³-hybridized carbons (Fsp3) is 0.500. The molecule has 18 heavy (non-hydrogen) atoms. The number of ether oxygens (including phenoxy) is 1. The molecule has 0 bridgehead atoms. The summed E-state index contributed by atoms with van der Waals surface area (Å²) in [5, 5.41) is 3.25. The SMILES string of the molecule is CC(CC(N)=O)NCc1ccc(OC(C)C)cc1. The number of primary amides is 1. The van der Waals surface area contributed by atoms with Gasteiger partial charge in [-0.05, 0) is 38.5 Å². The molecule has 0 saturated heterocycles. The van der Waals surface area contributed by atoms with Gasteiger partial charge in [0.05, 0.1) is 6.10 Å². The van der Waals surface area contributed by atoms with E-state index in [9.17, 15) is 4.79 Å². The highest BCUT2D eigenvalue weighted by Crippen LogP contribution is 2.13. The second-order valence-electron chi connectivity index (χ2n) is 4.76. The molecule has 3 N–H and O–H groups in total. The molecular formula is C14H22N2O2. The first-order chi connectivity index (χ1) is 8.47. The molecule has 1 unspecified atom stereocenters. The average molecular weight is 250 g/mol. The van der Waals surface area contributed by atoms with Gasteiger partial charge < -0.3 is 15.8 Å². The zero-order chi connectivity index (χ0) is 13.5. The van der Waals surface area contributed by atoms with Crippen LogP contribution in [-0.4, -0.2) is 18.1 Å². The van der Waals surface area contributed by atoms with Crippen molar-refractivity contribution in [3.8, 4) is 5.75 Å². The summed E-state index contributed by atoms with van der Waals surface area (Å²) in [4.78, 5) is 10.7. The Hall–Kier alpha value is -1.55. The number of carbonyl (C=O) groups excluding carboxylic acids is 1. The van der Waals surface area contributed by atoms with E-state index in [4.69, 9.17) is 10.5 Å². The van der Waals surface area contributed by atoms with Crippen molar-refractivity contribution >= 4 is 5.91 Å². The van der Waals surface area contributed by atoms with Gasteiger partial charge >= 0.3 is 0 Å². The van der Waals surface area contributed by atoms with Gasteiger partial charge in [-0.1, -0.05) is 12.1 Å². The van der Waals surface area contributed by atoms with Crippen molar-refractivity contribution in [2.24, 2.45) is 5.73 Å². The maximum atomic E-state index is 10.7. The molecule has 0 spiro atoms. The third-order valence-corrected chi connectivity index (χ3v) is 2.46. The predicted molar refractivity (Wildman–Crippen MR) is 72.3 cm³/mol. The number of carbonyl (C=O) groups is 1. The zero-order valence-electron chi connectivity index (χ0n) is 11.3. The molecule has 0 aliphatic carbocycles. The molecule has 0 fully saturated rings. The Kier molecular flexibility index (Phi) is 5.65. The van der Waals surface area contributed by atoms with Crippen molar-refractivity contribution < 1.29 is 9.53 Å². The second kappa shape index (κ2) is 7.01. The van der Waals surface area contributed by atoms with Crippen LogP contribution in [0, 0.1) is 0 Å². The van der Waals surface area contributed by atoms with Crippen LogP contribution in [0.5, 0.6) is 5.75 Å². The van der Waals surface area contributed by atoms with E-state index in [1.54, 1.807) is 0 Å². The second-order valence-corrected chi connectivity index (χ2v) is 4.76. The van der Waals surface area contributed by atoms with Crippen LogP contribution in [0.3, 0.4) is 0 Å². The fourth-order valence-corrected chi connectivity index (χ4v) is 1.62. The van der Waals surface area contributed by atoms with Gasteiger partial charge in [-0.15, -0.1) is 0 Å². The Bertz CT molecular complexity index is 374. The van der Waals surface area contributed by atoms with Crippen LogP contribution >= 0.6 is 0 Å². The maximum Gasteiger partial charge on any atom is 0.218 e. The monoisotopic (exact) mass is 250 g/mol. The van der Waals surface area contributed by atoms with Crippen LogP contribution in [0.25, 0.3) is 0 Å². The van der Waals surface area contributed by atoms with E-state index < -0.39 is 0 Å². The Morgan fingerprint density at radius 1 is 1.28 bits per heavy atom. The quantitative estimate of drug-likeness (QED) is 0.776. The van der Waals surface area contributed by atoms with Crippen LogP contribution in [0.4, 0.5) is 0 Å². The van der Waals surface area contributed by atoms with Crippen LogP contribution < -0.4 is 15.8 Å². The summed E-state index contributed by atoms with van der Waals surface area (Å²) in [5.74, 6) is 0.592. The molecule has 1 amide bonds. The number of nitrogens with one attached hydrogen (secondary N) is 1. The smallest absolute Gasteiger partial charge is 0.218 e. The lowest BCUT2D eigenvalue weighted by molar-refractivity contribution is -0.118. The molecule has 0 aromatic heterocycles. The molecule has 0 heterocycles. The zero-order valence-corrected chi connectivity index (χ0v) is 11.3. The number of hydrogen-bond donors (Lipinski definition) is 2. The first kappa shape index (κ1) is 14.5. The van der Waals surface area contributed by atoms with E-state index in [1.165, 1.54) is 0 Å². The highest BCUT2D eigenvalue weighted by atomic mass is 16.5. The van der Waals surface area contributed by atoms with Gasteiger partial charge in [-0.2, -0.15) is 0 Å². The number of amides is 1. The predicted octanol–water partition coefficient (Wildman–Crippen LogP) is 1.83. The van der Waals surface area contributed by atoms with E-state index in [0.29, 0.717) is 6.42 Å². The van der Waals surface area contributed by atoms with Crippen molar-refractivity contribution in [3.63, 3.8) is 0 Å². The molecule has 1 aromatic rings. The highest BCUT2D eigenvalue weighted by Gasteiger charge is 2.05. The molecule has 0 radical (unpaired) electrons. The van der Waals surface area contributed by atoms with Crippen LogP contribution in [0.15, 0.2) is 24.3 Å². The minimum atomic E-state index is -0.282. The van der Waals surface area contributed by atoms with Gasteiger partial charge in [0.1, 0.15) is 5.75 Å². The number of hydrogen-bond acceptors (Lipinski definition) is 3. The molecular weight excluding hydrogens is 228 g/mol. The number of benzene rings is 1. The van der Waals surface area contributed by atoms with Gasteiger partial charge in [0.25, 0.3) is 0 Å². The Labute approximate surface area is 109 Å². The Morgan fingerprint density at radius 2 is 1.89 bits per heavy atom. The molecule has 1 aromatic carbocycles. The van der Waals surface area contributed by atoms with Gasteiger partial charge in [0, 0.05) is 19.0 Å². The third kappa shape index (κ3) is 5.68. The summed E-state index contributed by atoms with van der Waals surface area (Å²) in [5.41, 5.74) is 6.29. The number of nitrogens with two attached hydrogens (primary N) is 1. The van der Waals surface area contributed by atoms with Crippen molar-refractivity contribution in [1.29, 1.82) is 0 Å². The largest absolute Gasteiger partial charge is 0.491 e. The maximum absolute atomic E-state index is 10.7. The van der Waals surface area contributed by atoms with Crippen LogP contribution in [-0.2, 0) is 11.3 Å². The minimum Gasteiger partial charge on any atom is -0.491 e. The van der Waals surface area contributed by atoms with Gasteiger partial charge in [-0.25, -0.2) is 0 Å². The first-order valence-corrected chi connectivity index (χ1v) is 6.24. The van der Waals surface area contributed by atoms with E-state index in [0.717, 1.165) is 17.9 Å². The minimum absolute atomic E-state index is 0.0918. The standard InChI is InChI=1S/C14H22N2O2/c1-10(2)18-13-6-4-12(5-7-13)9-16-11(3)8-14(15)17/h4-7,10-11,16H,8-9H2,1-3H3,(H2,15,17). The van der Waals surface area contributed by atoms with Crippen LogP contribution in [0.2, 0.25) is 0 Å².